The predicted octanol–water partition coefficient (Wildman–Crippen LogP) is 1.15. The van der Waals surface area contributed by atoms with Crippen LogP contribution in [-0.2, 0) is 4.79 Å². The molecule has 1 heterocycles. The Balaban J connectivity index is 0.00000200. The molecule has 1 amide bonds. The molecule has 1 aromatic rings. The molecule has 20 heavy (non-hydrogen) atoms. The Morgan fingerprint density at radius 3 is 2.50 bits per heavy atom. The van der Waals surface area contributed by atoms with Gasteiger partial charge < -0.3 is 15.7 Å². The van der Waals surface area contributed by atoms with Gasteiger partial charge in [-0.3, -0.25) is 4.79 Å². The van der Waals surface area contributed by atoms with Crippen LogP contribution in [0.4, 0.5) is 8.78 Å². The lowest BCUT2D eigenvalue weighted by atomic mass is 9.99. The largest absolute Gasteiger partial charge is 0.386 e. The molecule has 4 nitrogen and oxygen atoms in total. The zero-order valence-corrected chi connectivity index (χ0v) is 11.6. The number of aliphatic hydroxyl groups is 1. The highest BCUT2D eigenvalue weighted by molar-refractivity contribution is 5.85. The zero-order valence-electron chi connectivity index (χ0n) is 10.7. The molecule has 0 aliphatic carbocycles. The van der Waals surface area contributed by atoms with Crippen LogP contribution in [0.1, 0.15) is 18.1 Å². The molecule has 0 aromatic heterocycles. The number of rotatable bonds is 5. The van der Waals surface area contributed by atoms with E-state index in [0.29, 0.717) is 12.3 Å². The Hall–Kier alpha value is -1.24. The summed E-state index contributed by atoms with van der Waals surface area (Å²) in [6.07, 6.45) is -1.02. The summed E-state index contributed by atoms with van der Waals surface area (Å²) in [7, 11) is 0. The van der Waals surface area contributed by atoms with Crippen molar-refractivity contribution in [3.63, 3.8) is 0 Å². The number of nitrogens with one attached hydrogen (secondary N) is 2. The maximum absolute atomic E-state index is 13.4. The standard InChI is InChI=1S/C13H16F2N2O2.ClH/c14-9-2-1-3-10(15)13(9)11(18)7-17-12(19)4-8-5-16-6-8;/h1-3,8,11,16,18H,4-7H2,(H,17,19);1H. The highest BCUT2D eigenvalue weighted by atomic mass is 35.5. The summed E-state index contributed by atoms with van der Waals surface area (Å²) in [5.41, 5.74) is -0.409. The third-order valence-electron chi connectivity index (χ3n) is 3.17. The van der Waals surface area contributed by atoms with Gasteiger partial charge in [0.2, 0.25) is 5.91 Å². The zero-order chi connectivity index (χ0) is 13.8. The summed E-state index contributed by atoms with van der Waals surface area (Å²) in [4.78, 5) is 11.5. The van der Waals surface area contributed by atoms with Crippen LogP contribution >= 0.6 is 12.4 Å². The minimum Gasteiger partial charge on any atom is -0.386 e. The number of benzene rings is 1. The van der Waals surface area contributed by atoms with Crippen molar-refractivity contribution >= 4 is 18.3 Å². The molecular weight excluding hydrogens is 290 g/mol. The number of carbonyl (C=O) groups excluding carboxylic acids is 1. The van der Waals surface area contributed by atoms with Crippen LogP contribution in [0.25, 0.3) is 0 Å². The molecule has 0 bridgehead atoms. The van der Waals surface area contributed by atoms with Crippen LogP contribution < -0.4 is 10.6 Å². The van der Waals surface area contributed by atoms with E-state index in [-0.39, 0.29) is 24.9 Å². The first-order valence-corrected chi connectivity index (χ1v) is 6.17. The normalized spacial score (nSPS) is 15.9. The van der Waals surface area contributed by atoms with Crippen molar-refractivity contribution in [1.29, 1.82) is 0 Å². The molecule has 0 saturated carbocycles. The van der Waals surface area contributed by atoms with Crippen molar-refractivity contribution in [2.45, 2.75) is 12.5 Å². The van der Waals surface area contributed by atoms with Crippen LogP contribution in [0.5, 0.6) is 0 Å². The van der Waals surface area contributed by atoms with Gasteiger partial charge in [0.05, 0.1) is 5.56 Å². The summed E-state index contributed by atoms with van der Waals surface area (Å²) in [6.45, 7) is 1.41. The van der Waals surface area contributed by atoms with Gasteiger partial charge in [0, 0.05) is 13.0 Å². The molecule has 1 aromatic carbocycles. The fourth-order valence-corrected chi connectivity index (χ4v) is 1.97. The second-order valence-corrected chi connectivity index (χ2v) is 4.68. The molecule has 1 saturated heterocycles. The minimum absolute atomic E-state index is 0. The number of hydrogen-bond acceptors (Lipinski definition) is 3. The topological polar surface area (TPSA) is 61.4 Å². The van der Waals surface area contributed by atoms with Gasteiger partial charge in [0.1, 0.15) is 17.7 Å². The van der Waals surface area contributed by atoms with E-state index in [0.717, 1.165) is 25.2 Å². The van der Waals surface area contributed by atoms with Crippen LogP contribution in [0.15, 0.2) is 18.2 Å². The summed E-state index contributed by atoms with van der Waals surface area (Å²) < 4.78 is 26.8. The van der Waals surface area contributed by atoms with E-state index < -0.39 is 23.3 Å². The van der Waals surface area contributed by atoms with E-state index in [1.54, 1.807) is 0 Å². The third kappa shape index (κ3) is 4.13. The minimum atomic E-state index is -1.38. The molecule has 7 heteroatoms. The second kappa shape index (κ2) is 7.52. The maximum atomic E-state index is 13.4. The lowest BCUT2D eigenvalue weighted by Crippen LogP contribution is -2.44. The van der Waals surface area contributed by atoms with Crippen molar-refractivity contribution in [2.75, 3.05) is 19.6 Å². The van der Waals surface area contributed by atoms with Crippen molar-refractivity contribution < 1.29 is 18.7 Å². The highest BCUT2D eigenvalue weighted by Gasteiger charge is 2.22. The van der Waals surface area contributed by atoms with Gasteiger partial charge in [0.15, 0.2) is 0 Å². The van der Waals surface area contributed by atoms with Crippen LogP contribution in [0.2, 0.25) is 0 Å². The Bertz CT molecular complexity index is 449. The Labute approximate surface area is 122 Å². The third-order valence-corrected chi connectivity index (χ3v) is 3.17. The molecule has 1 aliphatic rings. The Morgan fingerprint density at radius 1 is 1.40 bits per heavy atom. The van der Waals surface area contributed by atoms with Gasteiger partial charge in [-0.05, 0) is 31.1 Å². The van der Waals surface area contributed by atoms with E-state index >= 15 is 0 Å². The summed E-state index contributed by atoms with van der Waals surface area (Å²) in [5, 5.41) is 15.3. The van der Waals surface area contributed by atoms with Gasteiger partial charge in [-0.15, -0.1) is 12.4 Å². The first-order chi connectivity index (χ1) is 9.08. The van der Waals surface area contributed by atoms with Crippen molar-refractivity contribution in [3.8, 4) is 0 Å². The number of hydrogen-bond donors (Lipinski definition) is 3. The van der Waals surface area contributed by atoms with Crippen LogP contribution in [0, 0.1) is 17.6 Å². The summed E-state index contributed by atoms with van der Waals surface area (Å²) in [5.74, 6) is -1.54. The summed E-state index contributed by atoms with van der Waals surface area (Å²) in [6, 6.07) is 3.37. The lowest BCUT2D eigenvalue weighted by Gasteiger charge is -2.26. The van der Waals surface area contributed by atoms with E-state index in [9.17, 15) is 18.7 Å². The van der Waals surface area contributed by atoms with E-state index in [1.807, 2.05) is 0 Å². The van der Waals surface area contributed by atoms with Gasteiger partial charge in [-0.2, -0.15) is 0 Å². The highest BCUT2D eigenvalue weighted by Crippen LogP contribution is 2.20. The second-order valence-electron chi connectivity index (χ2n) is 4.68. The number of halogens is 3. The average Bonchev–Trinajstić information content (AvgIpc) is 2.31. The molecule has 112 valence electrons. The molecule has 1 aliphatic heterocycles. The maximum Gasteiger partial charge on any atom is 0.220 e. The SMILES string of the molecule is Cl.O=C(CC1CNC1)NCC(O)c1c(F)cccc1F. The summed E-state index contributed by atoms with van der Waals surface area (Å²) >= 11 is 0. The van der Waals surface area contributed by atoms with Crippen molar-refractivity contribution in [3.05, 3.63) is 35.4 Å². The lowest BCUT2D eigenvalue weighted by molar-refractivity contribution is -0.122. The monoisotopic (exact) mass is 306 g/mol. The number of carbonyl (C=O) groups is 1. The first-order valence-electron chi connectivity index (χ1n) is 6.17. The van der Waals surface area contributed by atoms with Crippen molar-refractivity contribution in [1.82, 2.24) is 10.6 Å². The molecule has 0 spiro atoms. The quantitative estimate of drug-likeness (QED) is 0.765. The van der Waals surface area contributed by atoms with Crippen LogP contribution in [0.3, 0.4) is 0 Å². The Morgan fingerprint density at radius 2 is 2.00 bits per heavy atom. The molecule has 2 rings (SSSR count). The van der Waals surface area contributed by atoms with Gasteiger partial charge in [-0.1, -0.05) is 6.07 Å². The molecule has 1 fully saturated rings. The van der Waals surface area contributed by atoms with Gasteiger partial charge in [0.25, 0.3) is 0 Å². The fourth-order valence-electron chi connectivity index (χ4n) is 1.97. The average molecular weight is 307 g/mol. The molecular formula is C13H17ClF2N2O2. The van der Waals surface area contributed by atoms with E-state index in [4.69, 9.17) is 0 Å². The van der Waals surface area contributed by atoms with Gasteiger partial charge in [-0.25, -0.2) is 8.78 Å². The van der Waals surface area contributed by atoms with Gasteiger partial charge >= 0.3 is 0 Å². The smallest absolute Gasteiger partial charge is 0.220 e. The first kappa shape index (κ1) is 16.8. The number of amides is 1. The molecule has 0 radical (unpaired) electrons. The predicted molar refractivity (Wildman–Crippen MR) is 72.6 cm³/mol. The molecule has 1 atom stereocenters. The van der Waals surface area contributed by atoms with Crippen molar-refractivity contribution in [2.24, 2.45) is 5.92 Å². The van der Waals surface area contributed by atoms with Crippen LogP contribution in [-0.4, -0.2) is 30.6 Å². The number of aliphatic hydroxyl groups excluding tert-OH is 1. The van der Waals surface area contributed by atoms with E-state index in [1.165, 1.54) is 6.07 Å². The molecule has 1 unspecified atom stereocenters. The molecule has 3 N–H and O–H groups in total. The fraction of sp³-hybridized carbons (Fsp3) is 0.462. The van der Waals surface area contributed by atoms with E-state index in [2.05, 4.69) is 10.6 Å². The Kier molecular flexibility index (Phi) is 6.32.